The molecule has 0 fully saturated rings. The zero-order valence-electron chi connectivity index (χ0n) is 6.71. The number of alkyl halides is 7. The summed E-state index contributed by atoms with van der Waals surface area (Å²) in [6, 6.07) is -2.58. The van der Waals surface area contributed by atoms with Crippen LogP contribution >= 0.6 is 12.4 Å². The van der Waals surface area contributed by atoms with E-state index in [1.807, 2.05) is 0 Å². The average molecular weight is 250 g/mol. The Hall–Kier alpha value is -0.240. The van der Waals surface area contributed by atoms with E-state index in [-0.39, 0.29) is 12.4 Å². The molecule has 0 spiro atoms. The largest absolute Gasteiger partial charge is 0.459 e. The molecule has 0 aliphatic rings. The van der Waals surface area contributed by atoms with Crippen molar-refractivity contribution in [1.82, 2.24) is 0 Å². The molecule has 2 N–H and O–H groups in total. The van der Waals surface area contributed by atoms with Gasteiger partial charge in [-0.05, 0) is 6.92 Å². The molecule has 0 aliphatic heterocycles. The lowest BCUT2D eigenvalue weighted by Gasteiger charge is -2.30. The quantitative estimate of drug-likeness (QED) is 0.748. The summed E-state index contributed by atoms with van der Waals surface area (Å²) in [5, 5.41) is 0. The van der Waals surface area contributed by atoms with Crippen molar-refractivity contribution in [3.63, 3.8) is 0 Å². The van der Waals surface area contributed by atoms with Crippen LogP contribution in [0.25, 0.3) is 0 Å². The molecule has 1 nitrogen and oxygen atoms in total. The van der Waals surface area contributed by atoms with E-state index in [4.69, 9.17) is 0 Å². The zero-order valence-corrected chi connectivity index (χ0v) is 7.53. The molecule has 9 heteroatoms. The SMILES string of the molecule is C[C@H](N)C(F)(F)C(F)(F)C(F)(F)F.Cl. The normalized spacial score (nSPS) is 16.1. The van der Waals surface area contributed by atoms with Crippen molar-refractivity contribution in [3.05, 3.63) is 0 Å². The van der Waals surface area contributed by atoms with Crippen molar-refractivity contribution in [1.29, 1.82) is 0 Å². The van der Waals surface area contributed by atoms with Crippen molar-refractivity contribution in [2.45, 2.75) is 31.0 Å². The van der Waals surface area contributed by atoms with Crippen molar-refractivity contribution in [3.8, 4) is 0 Å². The molecule has 0 heterocycles. The van der Waals surface area contributed by atoms with Crippen LogP contribution in [0.1, 0.15) is 6.92 Å². The van der Waals surface area contributed by atoms with Crippen LogP contribution in [-0.2, 0) is 0 Å². The molecule has 0 aromatic rings. The molecule has 1 atom stereocenters. The Morgan fingerprint density at radius 2 is 1.21 bits per heavy atom. The van der Waals surface area contributed by atoms with Gasteiger partial charge in [0, 0.05) is 0 Å². The Kier molecular flexibility index (Phi) is 4.74. The maximum absolute atomic E-state index is 12.2. The molecule has 0 radical (unpaired) electrons. The van der Waals surface area contributed by atoms with Gasteiger partial charge in [-0.1, -0.05) is 0 Å². The van der Waals surface area contributed by atoms with Crippen LogP contribution in [0, 0.1) is 0 Å². The molecule has 14 heavy (non-hydrogen) atoms. The number of rotatable bonds is 2. The molecule has 0 aliphatic carbocycles. The second kappa shape index (κ2) is 4.09. The summed E-state index contributed by atoms with van der Waals surface area (Å²) in [4.78, 5) is 0. The summed E-state index contributed by atoms with van der Waals surface area (Å²) in [5.41, 5.74) is 4.32. The van der Waals surface area contributed by atoms with Gasteiger partial charge in [0.2, 0.25) is 0 Å². The fourth-order valence-corrected chi connectivity index (χ4v) is 0.475. The summed E-state index contributed by atoms with van der Waals surface area (Å²) in [6.07, 6.45) is -6.30. The minimum absolute atomic E-state index is 0. The van der Waals surface area contributed by atoms with Gasteiger partial charge in [-0.15, -0.1) is 12.4 Å². The third-order valence-corrected chi connectivity index (χ3v) is 1.35. The van der Waals surface area contributed by atoms with Gasteiger partial charge in [-0.2, -0.15) is 30.7 Å². The molecule has 0 bridgehead atoms. The molecule has 0 aromatic carbocycles. The highest BCUT2D eigenvalue weighted by Crippen LogP contribution is 2.47. The molecular formula is C5H7ClF7N. The summed E-state index contributed by atoms with van der Waals surface area (Å²) in [6.45, 7) is 0.375. The van der Waals surface area contributed by atoms with E-state index in [0.717, 1.165) is 0 Å². The van der Waals surface area contributed by atoms with Crippen molar-refractivity contribution >= 4 is 12.4 Å². The molecule has 0 aromatic heterocycles. The van der Waals surface area contributed by atoms with Crippen LogP contribution in [-0.4, -0.2) is 24.1 Å². The first kappa shape index (κ1) is 16.2. The molecule has 0 rings (SSSR count). The fourth-order valence-electron chi connectivity index (χ4n) is 0.475. The molecule has 0 unspecified atom stereocenters. The van der Waals surface area contributed by atoms with Crippen LogP contribution in [0.4, 0.5) is 30.7 Å². The van der Waals surface area contributed by atoms with E-state index < -0.39 is 24.1 Å². The molecular weight excluding hydrogens is 243 g/mol. The van der Waals surface area contributed by atoms with E-state index in [1.165, 1.54) is 0 Å². The maximum atomic E-state index is 12.2. The van der Waals surface area contributed by atoms with Gasteiger partial charge in [0.05, 0.1) is 6.04 Å². The molecule has 0 saturated heterocycles. The molecule has 88 valence electrons. The third-order valence-electron chi connectivity index (χ3n) is 1.35. The van der Waals surface area contributed by atoms with Gasteiger partial charge < -0.3 is 5.73 Å². The van der Waals surface area contributed by atoms with Gasteiger partial charge in [0.25, 0.3) is 0 Å². The Bertz CT molecular complexity index is 187. The number of hydrogen-bond acceptors (Lipinski definition) is 1. The van der Waals surface area contributed by atoms with E-state index in [0.29, 0.717) is 6.92 Å². The lowest BCUT2D eigenvalue weighted by molar-refractivity contribution is -0.357. The van der Waals surface area contributed by atoms with Crippen molar-refractivity contribution in [2.24, 2.45) is 5.73 Å². The summed E-state index contributed by atoms with van der Waals surface area (Å²) in [5.74, 6) is -11.4. The lowest BCUT2D eigenvalue weighted by Crippen LogP contribution is -2.59. The second-order valence-corrected chi connectivity index (χ2v) is 2.48. The smallest absolute Gasteiger partial charge is 0.323 e. The highest BCUT2D eigenvalue weighted by atomic mass is 35.5. The predicted octanol–water partition coefficient (Wildman–Crippen LogP) is 2.59. The highest BCUT2D eigenvalue weighted by molar-refractivity contribution is 5.85. The average Bonchev–Trinajstić information content (AvgIpc) is 1.84. The van der Waals surface area contributed by atoms with E-state index in [2.05, 4.69) is 5.73 Å². The topological polar surface area (TPSA) is 26.0 Å². The fraction of sp³-hybridized carbons (Fsp3) is 1.00. The number of halogens is 8. The highest BCUT2D eigenvalue weighted by Gasteiger charge is 2.74. The number of nitrogens with two attached hydrogens (primary N) is 1. The Balaban J connectivity index is 0. The minimum Gasteiger partial charge on any atom is -0.323 e. The predicted molar refractivity (Wildman–Crippen MR) is 36.8 cm³/mol. The van der Waals surface area contributed by atoms with Gasteiger partial charge in [0.1, 0.15) is 0 Å². The van der Waals surface area contributed by atoms with Crippen LogP contribution in [0.15, 0.2) is 0 Å². The van der Waals surface area contributed by atoms with E-state index in [9.17, 15) is 30.7 Å². The lowest BCUT2D eigenvalue weighted by atomic mass is 10.1. The van der Waals surface area contributed by atoms with Crippen LogP contribution in [0.5, 0.6) is 0 Å². The first-order valence-corrected chi connectivity index (χ1v) is 3.02. The standard InChI is InChI=1S/C5H6F7N.ClH/c1-2(13)3(6,7)4(8,9)5(10,11)12;/h2H,13H2,1H3;1H/t2-;/m0./s1. The van der Waals surface area contributed by atoms with E-state index in [1.54, 1.807) is 0 Å². The zero-order chi connectivity index (χ0) is 11.1. The first-order chi connectivity index (χ1) is 5.44. The van der Waals surface area contributed by atoms with Crippen molar-refractivity contribution < 1.29 is 30.7 Å². The van der Waals surface area contributed by atoms with Crippen molar-refractivity contribution in [2.75, 3.05) is 0 Å². The van der Waals surface area contributed by atoms with E-state index >= 15 is 0 Å². The number of hydrogen-bond donors (Lipinski definition) is 1. The van der Waals surface area contributed by atoms with Gasteiger partial charge >= 0.3 is 18.0 Å². The van der Waals surface area contributed by atoms with Crippen LogP contribution in [0.3, 0.4) is 0 Å². The Labute approximate surface area is 80.9 Å². The van der Waals surface area contributed by atoms with Crippen LogP contribution in [0.2, 0.25) is 0 Å². The molecule has 0 amide bonds. The second-order valence-electron chi connectivity index (χ2n) is 2.48. The van der Waals surface area contributed by atoms with Gasteiger partial charge in [-0.25, -0.2) is 0 Å². The summed E-state index contributed by atoms with van der Waals surface area (Å²) in [7, 11) is 0. The Morgan fingerprint density at radius 1 is 0.929 bits per heavy atom. The minimum atomic E-state index is -6.30. The summed E-state index contributed by atoms with van der Waals surface area (Å²) >= 11 is 0. The Morgan fingerprint density at radius 3 is 1.29 bits per heavy atom. The maximum Gasteiger partial charge on any atom is 0.459 e. The van der Waals surface area contributed by atoms with Crippen LogP contribution < -0.4 is 5.73 Å². The van der Waals surface area contributed by atoms with Gasteiger partial charge in [-0.3, -0.25) is 0 Å². The monoisotopic (exact) mass is 249 g/mol. The summed E-state index contributed by atoms with van der Waals surface area (Å²) < 4.78 is 82.7. The third kappa shape index (κ3) is 2.41. The first-order valence-electron chi connectivity index (χ1n) is 3.02. The molecule has 0 saturated carbocycles. The van der Waals surface area contributed by atoms with Gasteiger partial charge in [0.15, 0.2) is 0 Å².